The van der Waals surface area contributed by atoms with Crippen LogP contribution in [-0.4, -0.2) is 29.2 Å². The summed E-state index contributed by atoms with van der Waals surface area (Å²) >= 11 is 6.03. The largest absolute Gasteiger partial charge is 0.465 e. The van der Waals surface area contributed by atoms with Crippen molar-refractivity contribution in [3.63, 3.8) is 0 Å². The number of carbonyl (C=O) groups is 2. The van der Waals surface area contributed by atoms with Gasteiger partial charge in [-0.05, 0) is 36.4 Å². The number of amides is 1. The molecule has 0 unspecified atom stereocenters. The van der Waals surface area contributed by atoms with E-state index in [-0.39, 0.29) is 5.69 Å². The van der Waals surface area contributed by atoms with E-state index in [1.165, 1.54) is 13.2 Å². The van der Waals surface area contributed by atoms with Crippen molar-refractivity contribution >= 4 is 40.7 Å². The van der Waals surface area contributed by atoms with Gasteiger partial charge in [0.25, 0.3) is 5.91 Å². The second kappa shape index (κ2) is 8.29. The summed E-state index contributed by atoms with van der Waals surface area (Å²) in [5.74, 6) is -0.528. The molecule has 1 aromatic heterocycles. The fourth-order valence-electron chi connectivity index (χ4n) is 2.29. The summed E-state index contributed by atoms with van der Waals surface area (Å²) in [4.78, 5) is 24.1. The van der Waals surface area contributed by atoms with Crippen LogP contribution in [0.2, 0.25) is 5.02 Å². The van der Waals surface area contributed by atoms with Crippen LogP contribution >= 0.6 is 11.6 Å². The predicted molar refractivity (Wildman–Crippen MR) is 103 cm³/mol. The minimum atomic E-state index is -0.471. The van der Waals surface area contributed by atoms with Crippen molar-refractivity contribution < 1.29 is 14.3 Å². The van der Waals surface area contributed by atoms with Gasteiger partial charge in [0, 0.05) is 0 Å². The number of methoxy groups -OCH3 is 1. The van der Waals surface area contributed by atoms with E-state index < -0.39 is 11.9 Å². The van der Waals surface area contributed by atoms with Gasteiger partial charge in [-0.3, -0.25) is 4.79 Å². The fourth-order valence-corrected chi connectivity index (χ4v) is 2.47. The molecule has 2 aromatic carbocycles. The van der Waals surface area contributed by atoms with Crippen LogP contribution in [0.3, 0.4) is 0 Å². The lowest BCUT2D eigenvalue weighted by molar-refractivity contribution is 0.0601. The molecule has 3 rings (SSSR count). The van der Waals surface area contributed by atoms with Crippen molar-refractivity contribution in [2.75, 3.05) is 17.7 Å². The van der Waals surface area contributed by atoms with E-state index >= 15 is 0 Å². The molecule has 1 amide bonds. The molecule has 0 aliphatic rings. The number of para-hydroxylation sites is 2. The molecule has 0 spiro atoms. The Balaban J connectivity index is 1.74. The first-order valence-electron chi connectivity index (χ1n) is 7.92. The Labute approximate surface area is 160 Å². The zero-order valence-corrected chi connectivity index (χ0v) is 15.0. The molecular weight excluding hydrogens is 368 g/mol. The van der Waals surface area contributed by atoms with Gasteiger partial charge >= 0.3 is 5.97 Å². The van der Waals surface area contributed by atoms with Gasteiger partial charge in [-0.1, -0.05) is 35.9 Å². The maximum Gasteiger partial charge on any atom is 0.339 e. The second-order valence-electron chi connectivity index (χ2n) is 5.40. The van der Waals surface area contributed by atoms with Crippen LogP contribution in [0, 0.1) is 0 Å². The van der Waals surface area contributed by atoms with Crippen molar-refractivity contribution in [3.05, 3.63) is 76.9 Å². The van der Waals surface area contributed by atoms with E-state index in [1.54, 1.807) is 54.6 Å². The normalized spacial score (nSPS) is 10.1. The molecule has 2 N–H and O–H groups in total. The van der Waals surface area contributed by atoms with Crippen molar-refractivity contribution in [2.24, 2.45) is 0 Å². The predicted octanol–water partition coefficient (Wildman–Crippen LogP) is 3.91. The second-order valence-corrected chi connectivity index (χ2v) is 5.81. The Bertz CT molecular complexity index is 977. The number of esters is 1. The lowest BCUT2D eigenvalue weighted by Crippen LogP contribution is -2.15. The summed E-state index contributed by atoms with van der Waals surface area (Å²) in [7, 11) is 1.31. The smallest absolute Gasteiger partial charge is 0.339 e. The van der Waals surface area contributed by atoms with Crippen LogP contribution < -0.4 is 10.6 Å². The van der Waals surface area contributed by atoms with E-state index in [9.17, 15) is 9.59 Å². The molecular formula is C19H15ClN4O3. The van der Waals surface area contributed by atoms with Crippen molar-refractivity contribution in [1.82, 2.24) is 10.2 Å². The zero-order chi connectivity index (χ0) is 19.2. The quantitative estimate of drug-likeness (QED) is 0.650. The first kappa shape index (κ1) is 18.3. The Kier molecular flexibility index (Phi) is 5.63. The summed E-state index contributed by atoms with van der Waals surface area (Å²) < 4.78 is 4.75. The van der Waals surface area contributed by atoms with Gasteiger partial charge in [-0.2, -0.15) is 0 Å². The average Bonchev–Trinajstić information content (AvgIpc) is 2.70. The van der Waals surface area contributed by atoms with Gasteiger partial charge in [-0.25, -0.2) is 4.79 Å². The number of anilines is 3. The highest BCUT2D eigenvalue weighted by Gasteiger charge is 2.13. The lowest BCUT2D eigenvalue weighted by atomic mass is 10.2. The minimum absolute atomic E-state index is 0.127. The highest BCUT2D eigenvalue weighted by atomic mass is 35.5. The van der Waals surface area contributed by atoms with Crippen molar-refractivity contribution in [1.29, 1.82) is 0 Å². The molecule has 0 saturated heterocycles. The number of benzene rings is 2. The summed E-state index contributed by atoms with van der Waals surface area (Å²) in [5.41, 5.74) is 1.50. The number of carbonyl (C=O) groups excluding carboxylic acids is 2. The molecule has 0 radical (unpaired) electrons. The molecule has 1 heterocycles. The highest BCUT2D eigenvalue weighted by Crippen LogP contribution is 2.22. The third-order valence-corrected chi connectivity index (χ3v) is 3.94. The standard InChI is InChI=1S/C19H15ClN4O3/c1-27-19(26)12-6-2-4-8-14(12)21-17-11-10-16(23-24-17)18(25)22-15-9-5-3-7-13(15)20/h2-11H,1H3,(H,21,24)(H,22,25). The van der Waals surface area contributed by atoms with Gasteiger partial charge in [0.2, 0.25) is 0 Å². The molecule has 3 aromatic rings. The minimum Gasteiger partial charge on any atom is -0.465 e. The van der Waals surface area contributed by atoms with Crippen LogP contribution in [-0.2, 0) is 4.74 Å². The van der Waals surface area contributed by atoms with Crippen LogP contribution in [0.4, 0.5) is 17.2 Å². The van der Waals surface area contributed by atoms with Crippen LogP contribution in [0.25, 0.3) is 0 Å². The van der Waals surface area contributed by atoms with E-state index in [0.29, 0.717) is 27.8 Å². The summed E-state index contributed by atoms with van der Waals surface area (Å²) in [6.07, 6.45) is 0. The SMILES string of the molecule is COC(=O)c1ccccc1Nc1ccc(C(=O)Nc2ccccc2Cl)nn1. The fraction of sp³-hybridized carbons (Fsp3) is 0.0526. The molecule has 0 aliphatic heterocycles. The van der Waals surface area contributed by atoms with Gasteiger partial charge in [0.15, 0.2) is 11.5 Å². The number of nitrogens with zero attached hydrogens (tertiary/aromatic N) is 2. The molecule has 27 heavy (non-hydrogen) atoms. The topological polar surface area (TPSA) is 93.2 Å². The Morgan fingerprint density at radius 3 is 2.30 bits per heavy atom. The Morgan fingerprint density at radius 1 is 0.926 bits per heavy atom. The van der Waals surface area contributed by atoms with Gasteiger partial charge in [0.1, 0.15) is 0 Å². The first-order valence-corrected chi connectivity index (χ1v) is 8.30. The van der Waals surface area contributed by atoms with Gasteiger partial charge < -0.3 is 15.4 Å². The molecule has 0 atom stereocenters. The van der Waals surface area contributed by atoms with E-state index in [2.05, 4.69) is 20.8 Å². The molecule has 0 bridgehead atoms. The van der Waals surface area contributed by atoms with Crippen LogP contribution in [0.5, 0.6) is 0 Å². The molecule has 136 valence electrons. The third kappa shape index (κ3) is 4.39. The molecule has 0 saturated carbocycles. The molecule has 8 heteroatoms. The number of aromatic nitrogens is 2. The molecule has 0 aliphatic carbocycles. The van der Waals surface area contributed by atoms with Crippen LogP contribution in [0.1, 0.15) is 20.8 Å². The van der Waals surface area contributed by atoms with E-state index in [1.807, 2.05) is 0 Å². The highest BCUT2D eigenvalue weighted by molar-refractivity contribution is 6.33. The summed E-state index contributed by atoms with van der Waals surface area (Å²) in [6, 6.07) is 16.8. The number of halogens is 1. The number of ether oxygens (including phenoxy) is 1. The number of hydrogen-bond acceptors (Lipinski definition) is 6. The van der Waals surface area contributed by atoms with Crippen LogP contribution in [0.15, 0.2) is 60.7 Å². The number of rotatable bonds is 5. The number of nitrogens with one attached hydrogen (secondary N) is 2. The monoisotopic (exact) mass is 382 g/mol. The van der Waals surface area contributed by atoms with Gasteiger partial charge in [-0.15, -0.1) is 10.2 Å². The Morgan fingerprint density at radius 2 is 1.63 bits per heavy atom. The van der Waals surface area contributed by atoms with Gasteiger partial charge in [0.05, 0.1) is 29.1 Å². The first-order chi connectivity index (χ1) is 13.1. The third-order valence-electron chi connectivity index (χ3n) is 3.61. The van der Waals surface area contributed by atoms with Crippen molar-refractivity contribution in [2.45, 2.75) is 0 Å². The van der Waals surface area contributed by atoms with E-state index in [0.717, 1.165) is 0 Å². The lowest BCUT2D eigenvalue weighted by Gasteiger charge is -2.10. The average molecular weight is 383 g/mol. The summed E-state index contributed by atoms with van der Waals surface area (Å²) in [5, 5.41) is 14.0. The maximum absolute atomic E-state index is 12.3. The van der Waals surface area contributed by atoms with E-state index in [4.69, 9.17) is 16.3 Å². The molecule has 0 fully saturated rings. The maximum atomic E-state index is 12.3. The Hall–Kier alpha value is -3.45. The zero-order valence-electron chi connectivity index (χ0n) is 14.3. The number of hydrogen-bond donors (Lipinski definition) is 2. The molecule has 7 nitrogen and oxygen atoms in total. The van der Waals surface area contributed by atoms with Crippen molar-refractivity contribution in [3.8, 4) is 0 Å². The summed E-state index contributed by atoms with van der Waals surface area (Å²) in [6.45, 7) is 0.